The van der Waals surface area contributed by atoms with E-state index in [0.717, 1.165) is 0 Å². The third-order valence-electron chi connectivity index (χ3n) is 6.82. The minimum atomic E-state index is -2.92. The number of carbonyl (C=O) groups is 1. The van der Waals surface area contributed by atoms with E-state index in [2.05, 4.69) is 4.98 Å². The Labute approximate surface area is 226 Å². The summed E-state index contributed by atoms with van der Waals surface area (Å²) < 4.78 is 40.4. The fourth-order valence-electron chi connectivity index (χ4n) is 4.46. The molecular formula is C29H28ClN3O4. The zero-order valence-electron chi connectivity index (χ0n) is 24.3. The van der Waals surface area contributed by atoms with E-state index in [-0.39, 0.29) is 30.5 Å². The Balaban J connectivity index is 1.78. The zero-order valence-corrected chi connectivity index (χ0v) is 21.1. The van der Waals surface area contributed by atoms with Gasteiger partial charge in [-0.3, -0.25) is 14.7 Å². The predicted molar refractivity (Wildman–Crippen MR) is 137 cm³/mol. The second-order valence-electron chi connectivity index (χ2n) is 9.91. The van der Waals surface area contributed by atoms with Gasteiger partial charge in [-0.05, 0) is 62.6 Å². The molecule has 1 saturated carbocycles. The van der Waals surface area contributed by atoms with Gasteiger partial charge >= 0.3 is 0 Å². The fraction of sp³-hybridized carbons (Fsp3) is 0.345. The number of rotatable bonds is 8. The summed E-state index contributed by atoms with van der Waals surface area (Å²) >= 11 is 6.03. The standard InChI is InChI=1S/C29H28ClN3O4/c1-27(2,36)21-7-10-25-24(13-21)26(35)33(16-23-9-8-22(30)15-32-23)29(25,37-18-28(17-34)11-12-28)20-5-3-19(14-31)4-6-20/h3-10,13,15,34,36H,11-12,16-18H2,1-2H3/t29-/m1/s1/i17D2,18D2. The molecule has 7 nitrogen and oxygen atoms in total. The molecule has 2 aromatic carbocycles. The van der Waals surface area contributed by atoms with Crippen LogP contribution in [-0.4, -0.2) is 39.1 Å². The van der Waals surface area contributed by atoms with Crippen LogP contribution < -0.4 is 0 Å². The molecule has 1 aromatic heterocycles. The lowest BCUT2D eigenvalue weighted by molar-refractivity contribution is -0.129. The Kier molecular flexibility index (Phi) is 5.17. The molecule has 1 fully saturated rings. The van der Waals surface area contributed by atoms with Crippen molar-refractivity contribution in [2.45, 2.75) is 44.6 Å². The molecule has 5 rings (SSSR count). The predicted octanol–water partition coefficient (Wildman–Crippen LogP) is 4.48. The smallest absolute Gasteiger partial charge is 0.257 e. The van der Waals surface area contributed by atoms with E-state index in [4.69, 9.17) is 21.8 Å². The van der Waals surface area contributed by atoms with Gasteiger partial charge in [-0.15, -0.1) is 0 Å². The van der Waals surface area contributed by atoms with Gasteiger partial charge in [-0.2, -0.15) is 5.26 Å². The van der Waals surface area contributed by atoms with Gasteiger partial charge in [0.25, 0.3) is 5.91 Å². The first kappa shape index (κ1) is 20.7. The van der Waals surface area contributed by atoms with Gasteiger partial charge in [0.1, 0.15) is 0 Å². The second-order valence-corrected chi connectivity index (χ2v) is 10.3. The van der Waals surface area contributed by atoms with Crippen LogP contribution in [0.3, 0.4) is 0 Å². The number of amides is 1. The minimum absolute atomic E-state index is 0.0180. The maximum atomic E-state index is 14.2. The van der Waals surface area contributed by atoms with E-state index >= 15 is 0 Å². The highest BCUT2D eigenvalue weighted by atomic mass is 35.5. The van der Waals surface area contributed by atoms with Crippen molar-refractivity contribution < 1.29 is 25.2 Å². The molecule has 190 valence electrons. The summed E-state index contributed by atoms with van der Waals surface area (Å²) in [4.78, 5) is 19.8. The molecule has 3 aromatic rings. The molecule has 0 saturated heterocycles. The van der Waals surface area contributed by atoms with Crippen LogP contribution in [0.15, 0.2) is 60.8 Å². The number of benzene rings is 2. The number of halogens is 1. The van der Waals surface area contributed by atoms with Crippen molar-refractivity contribution in [3.05, 3.63) is 99.3 Å². The lowest BCUT2D eigenvalue weighted by Crippen LogP contribution is -2.47. The molecule has 2 N–H and O–H groups in total. The van der Waals surface area contributed by atoms with Crippen molar-refractivity contribution in [1.82, 2.24) is 9.88 Å². The largest absolute Gasteiger partial charge is 0.396 e. The summed E-state index contributed by atoms with van der Waals surface area (Å²) in [6.07, 6.45) is 1.45. The normalized spacial score (nSPS) is 22.4. The Morgan fingerprint density at radius 1 is 1.22 bits per heavy atom. The van der Waals surface area contributed by atoms with Crippen LogP contribution >= 0.6 is 11.6 Å². The van der Waals surface area contributed by atoms with Crippen molar-refractivity contribution in [2.75, 3.05) is 13.1 Å². The number of hydrogen-bond donors (Lipinski definition) is 2. The number of nitrogens with zero attached hydrogens (tertiary/aromatic N) is 3. The van der Waals surface area contributed by atoms with Crippen molar-refractivity contribution in [3.63, 3.8) is 0 Å². The number of ether oxygens (including phenoxy) is 1. The topological polar surface area (TPSA) is 107 Å². The monoisotopic (exact) mass is 521 g/mol. The summed E-state index contributed by atoms with van der Waals surface area (Å²) in [5.41, 5.74) is -3.26. The van der Waals surface area contributed by atoms with Gasteiger partial charge in [0.05, 0.1) is 53.1 Å². The van der Waals surface area contributed by atoms with Crippen molar-refractivity contribution in [1.29, 1.82) is 5.26 Å². The van der Waals surface area contributed by atoms with Crippen LogP contribution in [0.4, 0.5) is 0 Å². The lowest BCUT2D eigenvalue weighted by Gasteiger charge is -2.40. The van der Waals surface area contributed by atoms with E-state index in [0.29, 0.717) is 27.4 Å². The maximum absolute atomic E-state index is 14.2. The van der Waals surface area contributed by atoms with Gasteiger partial charge in [0, 0.05) is 28.3 Å². The summed E-state index contributed by atoms with van der Waals surface area (Å²) in [6, 6.07) is 16.1. The molecule has 2 aliphatic rings. The van der Waals surface area contributed by atoms with Crippen LogP contribution in [-0.2, 0) is 22.6 Å². The van der Waals surface area contributed by atoms with Crippen LogP contribution in [0.1, 0.15) is 70.5 Å². The van der Waals surface area contributed by atoms with Gasteiger partial charge in [0.15, 0.2) is 5.72 Å². The van der Waals surface area contributed by atoms with Gasteiger partial charge in [-0.25, -0.2) is 0 Å². The average Bonchev–Trinajstić information content (AvgIpc) is 3.71. The molecule has 0 bridgehead atoms. The Morgan fingerprint density at radius 3 is 2.51 bits per heavy atom. The summed E-state index contributed by atoms with van der Waals surface area (Å²) in [5, 5.41) is 30.9. The number of fused-ring (bicyclic) bond motifs is 1. The van der Waals surface area contributed by atoms with Crippen molar-refractivity contribution in [2.24, 2.45) is 5.41 Å². The lowest BCUT2D eigenvalue weighted by atomic mass is 9.89. The molecule has 1 atom stereocenters. The van der Waals surface area contributed by atoms with Gasteiger partial charge < -0.3 is 14.9 Å². The first-order chi connectivity index (χ1) is 19.1. The van der Waals surface area contributed by atoms with Crippen molar-refractivity contribution >= 4 is 17.5 Å². The number of pyridine rings is 1. The molecule has 0 radical (unpaired) electrons. The summed E-state index contributed by atoms with van der Waals surface area (Å²) in [6.45, 7) is -2.69. The number of carbonyl (C=O) groups excluding carboxylic acids is 1. The van der Waals surface area contributed by atoms with E-state index in [9.17, 15) is 20.3 Å². The molecular weight excluding hydrogens is 490 g/mol. The van der Waals surface area contributed by atoms with Gasteiger partial charge in [0.2, 0.25) is 0 Å². The molecule has 1 aliphatic heterocycles. The molecule has 1 amide bonds. The fourth-order valence-corrected chi connectivity index (χ4v) is 4.57. The molecule has 0 spiro atoms. The van der Waals surface area contributed by atoms with E-state index in [1.165, 1.54) is 29.3 Å². The molecule has 2 heterocycles. The Bertz CT molecular complexity index is 1540. The van der Waals surface area contributed by atoms with Crippen LogP contribution in [0, 0.1) is 16.7 Å². The van der Waals surface area contributed by atoms with E-state index in [1.807, 2.05) is 6.07 Å². The van der Waals surface area contributed by atoms with Crippen LogP contribution in [0.5, 0.6) is 0 Å². The highest BCUT2D eigenvalue weighted by Gasteiger charge is 2.55. The highest BCUT2D eigenvalue weighted by molar-refractivity contribution is 6.30. The van der Waals surface area contributed by atoms with Crippen molar-refractivity contribution in [3.8, 4) is 6.07 Å². The first-order valence-corrected chi connectivity index (χ1v) is 12.2. The van der Waals surface area contributed by atoms with Crippen LogP contribution in [0.25, 0.3) is 0 Å². The Morgan fingerprint density at radius 2 is 1.95 bits per heavy atom. The molecule has 1 aliphatic carbocycles. The number of nitriles is 1. The van der Waals surface area contributed by atoms with Crippen LogP contribution in [0.2, 0.25) is 5.02 Å². The summed E-state index contributed by atoms with van der Waals surface area (Å²) in [5.74, 6) is -0.542. The summed E-state index contributed by atoms with van der Waals surface area (Å²) in [7, 11) is 0. The number of hydrogen-bond acceptors (Lipinski definition) is 6. The van der Waals surface area contributed by atoms with E-state index in [1.54, 1.807) is 50.2 Å². The number of aliphatic hydroxyl groups is 2. The Hall–Kier alpha value is -3.28. The van der Waals surface area contributed by atoms with Gasteiger partial charge in [-0.1, -0.05) is 35.9 Å². The molecule has 8 heteroatoms. The average molecular weight is 522 g/mol. The minimum Gasteiger partial charge on any atom is -0.396 e. The highest BCUT2D eigenvalue weighted by Crippen LogP contribution is 2.51. The first-order valence-electron chi connectivity index (χ1n) is 13.8. The molecule has 37 heavy (non-hydrogen) atoms. The van der Waals surface area contributed by atoms with E-state index < -0.39 is 35.8 Å². The maximum Gasteiger partial charge on any atom is 0.257 e. The third-order valence-corrected chi connectivity index (χ3v) is 7.04. The number of aromatic nitrogens is 1. The second kappa shape index (κ2) is 9.23. The zero-order chi connectivity index (χ0) is 30.0. The molecule has 0 unspecified atom stereocenters. The SMILES string of the molecule is [2H]C([2H])(O)C1(C([2H])([2H])O[C@]2(c3ccc(C#N)cc3)c3ccc(C(C)(C)O)cc3C(=O)N2Cc2ccc(Cl)cn2)CC1. The quantitative estimate of drug-likeness (QED) is 0.452. The third kappa shape index (κ3) is 4.51.